The molecule has 1 aliphatic heterocycles. The van der Waals surface area contributed by atoms with Gasteiger partial charge >= 0.3 is 5.97 Å². The first-order valence-corrected chi connectivity index (χ1v) is 6.65. The van der Waals surface area contributed by atoms with Crippen LogP contribution >= 0.6 is 0 Å². The van der Waals surface area contributed by atoms with Crippen LogP contribution in [0.25, 0.3) is 0 Å². The molecule has 2 rings (SSSR count). The van der Waals surface area contributed by atoms with Gasteiger partial charge in [-0.3, -0.25) is 4.90 Å². The number of benzene rings is 1. The highest BCUT2D eigenvalue weighted by Crippen LogP contribution is 2.09. The van der Waals surface area contributed by atoms with Crippen LogP contribution < -0.4 is 5.32 Å². The quantitative estimate of drug-likeness (QED) is 0.658. The third-order valence-corrected chi connectivity index (χ3v) is 3.00. The van der Waals surface area contributed by atoms with E-state index in [1.165, 1.54) is 5.56 Å². The van der Waals surface area contributed by atoms with E-state index in [2.05, 4.69) is 22.3 Å². The van der Waals surface area contributed by atoms with Crippen LogP contribution in [0, 0.1) is 0 Å². The highest BCUT2D eigenvalue weighted by atomic mass is 16.5. The Bertz CT molecular complexity index is 443. The predicted molar refractivity (Wildman–Crippen MR) is 74.4 cm³/mol. The summed E-state index contributed by atoms with van der Waals surface area (Å²) in [5.74, 6) is -0.272. The Hall–Kier alpha value is -1.81. The number of esters is 1. The highest BCUT2D eigenvalue weighted by Gasteiger charge is 2.14. The van der Waals surface area contributed by atoms with Crippen molar-refractivity contribution in [2.45, 2.75) is 13.5 Å². The van der Waals surface area contributed by atoms with Crippen molar-refractivity contribution in [3.63, 3.8) is 0 Å². The van der Waals surface area contributed by atoms with E-state index in [1.54, 1.807) is 6.08 Å². The molecule has 0 radical (unpaired) electrons. The standard InChI is InChI=1S/C15H20N2O2/c1-2-19-15(18)10-14-12-17(9-8-16-14)11-13-6-4-3-5-7-13/h3-7,10,16H,2,8-9,11-12H2,1H3/b14-10-. The minimum absolute atomic E-state index is 0.272. The fourth-order valence-electron chi connectivity index (χ4n) is 2.15. The fraction of sp³-hybridized carbons (Fsp3) is 0.400. The molecule has 1 saturated heterocycles. The maximum atomic E-state index is 11.4. The fourth-order valence-corrected chi connectivity index (χ4v) is 2.15. The molecule has 0 aliphatic carbocycles. The van der Waals surface area contributed by atoms with E-state index in [1.807, 2.05) is 25.1 Å². The molecule has 1 heterocycles. The van der Waals surface area contributed by atoms with E-state index in [-0.39, 0.29) is 5.97 Å². The second kappa shape index (κ2) is 6.95. The van der Waals surface area contributed by atoms with Gasteiger partial charge in [-0.15, -0.1) is 0 Å². The van der Waals surface area contributed by atoms with Crippen molar-refractivity contribution in [2.75, 3.05) is 26.2 Å². The molecule has 102 valence electrons. The lowest BCUT2D eigenvalue weighted by Crippen LogP contribution is -2.41. The van der Waals surface area contributed by atoms with Crippen LogP contribution in [0.1, 0.15) is 12.5 Å². The number of hydrogen-bond acceptors (Lipinski definition) is 4. The average molecular weight is 260 g/mol. The number of ether oxygens (including phenoxy) is 1. The first-order valence-electron chi connectivity index (χ1n) is 6.65. The van der Waals surface area contributed by atoms with Crippen LogP contribution in [0.2, 0.25) is 0 Å². The zero-order valence-corrected chi connectivity index (χ0v) is 11.3. The van der Waals surface area contributed by atoms with Crippen molar-refractivity contribution in [3.05, 3.63) is 47.7 Å². The Kier molecular flexibility index (Phi) is 4.98. The Balaban J connectivity index is 1.92. The van der Waals surface area contributed by atoms with Crippen LogP contribution in [-0.4, -0.2) is 37.1 Å². The summed E-state index contributed by atoms with van der Waals surface area (Å²) >= 11 is 0. The predicted octanol–water partition coefficient (Wildman–Crippen LogP) is 1.54. The molecule has 19 heavy (non-hydrogen) atoms. The second-order valence-electron chi connectivity index (χ2n) is 4.54. The molecule has 0 saturated carbocycles. The molecule has 1 aliphatic rings. The molecule has 0 bridgehead atoms. The molecular formula is C15H20N2O2. The van der Waals surface area contributed by atoms with Gasteiger partial charge in [0.25, 0.3) is 0 Å². The molecule has 1 fully saturated rings. The summed E-state index contributed by atoms with van der Waals surface area (Å²) in [4.78, 5) is 13.7. The minimum atomic E-state index is -0.272. The van der Waals surface area contributed by atoms with Gasteiger partial charge in [0.05, 0.1) is 6.61 Å². The Morgan fingerprint density at radius 2 is 2.21 bits per heavy atom. The van der Waals surface area contributed by atoms with E-state index in [0.29, 0.717) is 6.61 Å². The molecule has 0 atom stereocenters. The van der Waals surface area contributed by atoms with E-state index >= 15 is 0 Å². The lowest BCUT2D eigenvalue weighted by Gasteiger charge is -2.29. The lowest BCUT2D eigenvalue weighted by atomic mass is 10.2. The van der Waals surface area contributed by atoms with Crippen molar-refractivity contribution in [1.29, 1.82) is 0 Å². The monoisotopic (exact) mass is 260 g/mol. The highest BCUT2D eigenvalue weighted by molar-refractivity contribution is 5.82. The van der Waals surface area contributed by atoms with E-state index in [4.69, 9.17) is 4.74 Å². The molecule has 0 spiro atoms. The summed E-state index contributed by atoms with van der Waals surface area (Å²) in [7, 11) is 0. The number of nitrogens with zero attached hydrogens (tertiary/aromatic N) is 1. The van der Waals surface area contributed by atoms with Gasteiger partial charge < -0.3 is 10.1 Å². The van der Waals surface area contributed by atoms with Crippen molar-refractivity contribution < 1.29 is 9.53 Å². The third-order valence-electron chi connectivity index (χ3n) is 3.00. The second-order valence-corrected chi connectivity index (χ2v) is 4.54. The van der Waals surface area contributed by atoms with Crippen LogP contribution in [0.5, 0.6) is 0 Å². The summed E-state index contributed by atoms with van der Waals surface area (Å²) < 4.78 is 4.92. The molecule has 1 aromatic rings. The van der Waals surface area contributed by atoms with E-state index in [0.717, 1.165) is 31.9 Å². The first-order chi connectivity index (χ1) is 9.28. The summed E-state index contributed by atoms with van der Waals surface area (Å²) in [5, 5.41) is 3.24. The number of rotatable bonds is 4. The maximum absolute atomic E-state index is 11.4. The minimum Gasteiger partial charge on any atom is -0.463 e. The van der Waals surface area contributed by atoms with Crippen molar-refractivity contribution in [1.82, 2.24) is 10.2 Å². The number of hydrogen-bond donors (Lipinski definition) is 1. The topological polar surface area (TPSA) is 41.6 Å². The van der Waals surface area contributed by atoms with Crippen molar-refractivity contribution in [3.8, 4) is 0 Å². The van der Waals surface area contributed by atoms with Gasteiger partial charge in [0.15, 0.2) is 0 Å². The summed E-state index contributed by atoms with van der Waals surface area (Å²) in [6.45, 7) is 5.73. The first kappa shape index (κ1) is 13.6. The zero-order valence-electron chi connectivity index (χ0n) is 11.3. The van der Waals surface area contributed by atoms with Gasteiger partial charge in [-0.25, -0.2) is 4.79 Å². The van der Waals surface area contributed by atoms with E-state index in [9.17, 15) is 4.79 Å². The third kappa shape index (κ3) is 4.41. The molecule has 4 heteroatoms. The lowest BCUT2D eigenvalue weighted by molar-refractivity contribution is -0.137. The van der Waals surface area contributed by atoms with Crippen LogP contribution in [0.15, 0.2) is 42.1 Å². The van der Waals surface area contributed by atoms with Crippen LogP contribution in [0.3, 0.4) is 0 Å². The number of piperazine rings is 1. The smallest absolute Gasteiger partial charge is 0.332 e. The largest absolute Gasteiger partial charge is 0.463 e. The van der Waals surface area contributed by atoms with E-state index < -0.39 is 0 Å². The van der Waals surface area contributed by atoms with Gasteiger partial charge in [0, 0.05) is 38.0 Å². The summed E-state index contributed by atoms with van der Waals surface area (Å²) in [6.07, 6.45) is 1.56. The molecule has 4 nitrogen and oxygen atoms in total. The molecule has 1 aromatic carbocycles. The zero-order chi connectivity index (χ0) is 13.5. The van der Waals surface area contributed by atoms with Crippen LogP contribution in [-0.2, 0) is 16.1 Å². The molecule has 0 amide bonds. The number of carbonyl (C=O) groups excluding carboxylic acids is 1. The van der Waals surface area contributed by atoms with Gasteiger partial charge in [0.1, 0.15) is 0 Å². The van der Waals surface area contributed by atoms with Gasteiger partial charge in [-0.05, 0) is 12.5 Å². The Labute approximate surface area is 114 Å². The molecule has 0 aromatic heterocycles. The van der Waals surface area contributed by atoms with Crippen LogP contribution in [0.4, 0.5) is 0 Å². The summed E-state index contributed by atoms with van der Waals surface area (Å²) in [5.41, 5.74) is 2.22. The molecular weight excluding hydrogens is 240 g/mol. The normalized spacial score (nSPS) is 18.1. The Morgan fingerprint density at radius 3 is 2.95 bits per heavy atom. The van der Waals surface area contributed by atoms with Gasteiger partial charge in [-0.1, -0.05) is 30.3 Å². The number of nitrogens with one attached hydrogen (secondary N) is 1. The maximum Gasteiger partial charge on any atom is 0.332 e. The number of carbonyl (C=O) groups is 1. The molecule has 0 unspecified atom stereocenters. The van der Waals surface area contributed by atoms with Crippen molar-refractivity contribution >= 4 is 5.97 Å². The van der Waals surface area contributed by atoms with Crippen molar-refractivity contribution in [2.24, 2.45) is 0 Å². The van der Waals surface area contributed by atoms with Gasteiger partial charge in [-0.2, -0.15) is 0 Å². The average Bonchev–Trinajstić information content (AvgIpc) is 2.40. The Morgan fingerprint density at radius 1 is 1.42 bits per heavy atom. The molecule has 1 N–H and O–H groups in total. The van der Waals surface area contributed by atoms with Gasteiger partial charge in [0.2, 0.25) is 0 Å². The summed E-state index contributed by atoms with van der Waals surface area (Å²) in [6, 6.07) is 10.4. The SMILES string of the molecule is CCOC(=O)/C=C1/CN(Cc2ccccc2)CCN1.